The van der Waals surface area contributed by atoms with E-state index in [0.717, 1.165) is 50.1 Å². The van der Waals surface area contributed by atoms with Crippen molar-refractivity contribution in [3.05, 3.63) is 224 Å². The zero-order valence-corrected chi connectivity index (χ0v) is 33.9. The zero-order valence-electron chi connectivity index (χ0n) is 33.1. The molecule has 12 aromatic rings. The molecule has 286 valence electrons. The van der Waals surface area contributed by atoms with Gasteiger partial charge in [0, 0.05) is 42.5 Å². The summed E-state index contributed by atoms with van der Waals surface area (Å²) in [6.45, 7) is 0. The summed E-state index contributed by atoms with van der Waals surface area (Å²) in [5.41, 5.74) is 14.4. The quantitative estimate of drug-likeness (QED) is 0.160. The molecule has 10 aromatic carbocycles. The molecule has 0 unspecified atom stereocenters. The second-order valence-corrected chi connectivity index (χ2v) is 16.8. The fourth-order valence-electron chi connectivity index (χ4n) is 9.01. The summed E-state index contributed by atoms with van der Waals surface area (Å²) in [5, 5.41) is 7.24. The number of fused-ring (bicyclic) bond motifs is 7. The molecule has 2 heterocycles. The van der Waals surface area contributed by atoms with Crippen LogP contribution in [0.4, 0.5) is 17.1 Å². The molecule has 0 radical (unpaired) electrons. The van der Waals surface area contributed by atoms with E-state index in [1.54, 1.807) is 0 Å². The third-order valence-corrected chi connectivity index (χ3v) is 13.2. The van der Waals surface area contributed by atoms with Gasteiger partial charge >= 0.3 is 0 Å². The van der Waals surface area contributed by atoms with Crippen molar-refractivity contribution >= 4 is 81.3 Å². The normalized spacial score (nSPS) is 11.6. The predicted octanol–water partition coefficient (Wildman–Crippen LogP) is 17.2. The van der Waals surface area contributed by atoms with Gasteiger partial charge in [0.25, 0.3) is 0 Å². The van der Waals surface area contributed by atoms with Crippen LogP contribution >= 0.6 is 11.3 Å². The van der Waals surface area contributed by atoms with Crippen LogP contribution in [0.5, 0.6) is 0 Å². The van der Waals surface area contributed by atoms with Crippen LogP contribution < -0.4 is 4.90 Å². The Bertz CT molecular complexity index is 3570. The Labute approximate surface area is 357 Å². The molecule has 0 saturated heterocycles. The van der Waals surface area contributed by atoms with Gasteiger partial charge in [-0.25, -0.2) is 0 Å². The lowest BCUT2D eigenvalue weighted by Crippen LogP contribution is -2.10. The topological polar surface area (TPSA) is 16.4 Å². The first-order chi connectivity index (χ1) is 30.2. The van der Waals surface area contributed by atoms with Crippen molar-refractivity contribution in [2.75, 3.05) is 4.90 Å². The van der Waals surface area contributed by atoms with Gasteiger partial charge in [-0.15, -0.1) is 11.3 Å². The molecule has 2 nitrogen and oxygen atoms in total. The molecule has 0 atom stereocenters. The van der Waals surface area contributed by atoms with Crippen molar-refractivity contribution in [2.45, 2.75) is 0 Å². The van der Waals surface area contributed by atoms with Crippen LogP contribution in [-0.4, -0.2) is 0 Å². The fourth-order valence-corrected chi connectivity index (χ4v) is 10.2. The van der Waals surface area contributed by atoms with E-state index < -0.39 is 0 Å². The first-order valence-electron chi connectivity index (χ1n) is 20.7. The van der Waals surface area contributed by atoms with Crippen LogP contribution in [0, 0.1) is 0 Å². The molecule has 12 rings (SSSR count). The molecular weight excluding hydrogens is 759 g/mol. The molecule has 0 N–H and O–H groups in total. The second kappa shape index (κ2) is 14.5. The standard InChI is InChI=1S/C58H37NOS/c1-3-11-38(12-4-1)46-27-31-50-51-32-30-48(37-56(51)61-55(50)36-46)59(53-34-33-49(43-14-5-2-6-15-43)58-57(53)52-17-9-10-18-54(52)60-58)47-28-25-41(26-29-47)40-19-21-42(22-20-40)45-24-23-39-13-7-8-16-44(39)35-45/h1-37H. The summed E-state index contributed by atoms with van der Waals surface area (Å²) in [4.78, 5) is 2.41. The van der Waals surface area contributed by atoms with Gasteiger partial charge in [0.05, 0.1) is 11.1 Å². The van der Waals surface area contributed by atoms with Crippen molar-refractivity contribution in [3.63, 3.8) is 0 Å². The van der Waals surface area contributed by atoms with Gasteiger partial charge in [-0.05, 0) is 104 Å². The van der Waals surface area contributed by atoms with Gasteiger partial charge in [-0.3, -0.25) is 0 Å². The van der Waals surface area contributed by atoms with Crippen molar-refractivity contribution < 1.29 is 4.42 Å². The number of benzene rings is 10. The first kappa shape index (κ1) is 35.2. The van der Waals surface area contributed by atoms with E-state index >= 15 is 0 Å². The summed E-state index contributed by atoms with van der Waals surface area (Å²) in [6.07, 6.45) is 0. The molecule has 0 fully saturated rings. The zero-order chi connectivity index (χ0) is 40.3. The third kappa shape index (κ3) is 6.18. The SMILES string of the molecule is c1ccc(-c2ccc3c(c2)sc2cc(N(c4ccc(-c5ccc(-c6ccc7ccccc7c6)cc5)cc4)c4ccc(-c5ccccc5)c5oc6ccccc6c45)ccc23)cc1. The summed E-state index contributed by atoms with van der Waals surface area (Å²) in [6, 6.07) is 81.1. The van der Waals surface area contributed by atoms with Crippen LogP contribution in [0.2, 0.25) is 0 Å². The smallest absolute Gasteiger partial charge is 0.145 e. The molecule has 0 amide bonds. The summed E-state index contributed by atoms with van der Waals surface area (Å²) >= 11 is 1.85. The van der Waals surface area contributed by atoms with Gasteiger partial charge in [0.2, 0.25) is 0 Å². The molecule has 0 aliphatic carbocycles. The van der Waals surface area contributed by atoms with Crippen LogP contribution in [0.1, 0.15) is 0 Å². The lowest BCUT2D eigenvalue weighted by Gasteiger charge is -2.27. The maximum atomic E-state index is 6.77. The molecule has 0 aliphatic rings. The average molecular weight is 796 g/mol. The van der Waals surface area contributed by atoms with Crippen LogP contribution in [0.3, 0.4) is 0 Å². The minimum absolute atomic E-state index is 0.874. The lowest BCUT2D eigenvalue weighted by molar-refractivity contribution is 0.670. The van der Waals surface area contributed by atoms with Crippen LogP contribution in [-0.2, 0) is 0 Å². The van der Waals surface area contributed by atoms with E-state index in [9.17, 15) is 0 Å². The number of nitrogens with zero attached hydrogens (tertiary/aromatic N) is 1. The number of anilines is 3. The highest BCUT2D eigenvalue weighted by atomic mass is 32.1. The van der Waals surface area contributed by atoms with E-state index in [2.05, 4.69) is 229 Å². The highest BCUT2D eigenvalue weighted by Crippen LogP contribution is 2.48. The van der Waals surface area contributed by atoms with Gasteiger partial charge in [-0.2, -0.15) is 0 Å². The molecule has 0 aliphatic heterocycles. The Morgan fingerprint density at radius 3 is 1.66 bits per heavy atom. The number of furan rings is 1. The fraction of sp³-hybridized carbons (Fsp3) is 0. The van der Waals surface area contributed by atoms with Crippen molar-refractivity contribution in [3.8, 4) is 44.5 Å². The third-order valence-electron chi connectivity index (χ3n) is 12.1. The number of hydrogen-bond donors (Lipinski definition) is 0. The number of rotatable bonds is 7. The van der Waals surface area contributed by atoms with Crippen molar-refractivity contribution in [2.24, 2.45) is 0 Å². The van der Waals surface area contributed by atoms with Crippen molar-refractivity contribution in [1.29, 1.82) is 0 Å². The Hall–Kier alpha value is -7.72. The minimum Gasteiger partial charge on any atom is -0.455 e. The van der Waals surface area contributed by atoms with Gasteiger partial charge in [-0.1, -0.05) is 170 Å². The van der Waals surface area contributed by atoms with E-state index in [1.165, 1.54) is 64.3 Å². The highest BCUT2D eigenvalue weighted by Gasteiger charge is 2.23. The molecular formula is C58H37NOS. The molecule has 0 bridgehead atoms. The Kier molecular flexibility index (Phi) is 8.39. The minimum atomic E-state index is 0.874. The average Bonchev–Trinajstić information content (AvgIpc) is 3.91. The predicted molar refractivity (Wildman–Crippen MR) is 261 cm³/mol. The first-order valence-corrected chi connectivity index (χ1v) is 21.5. The summed E-state index contributed by atoms with van der Waals surface area (Å²) in [7, 11) is 0. The highest BCUT2D eigenvalue weighted by molar-refractivity contribution is 7.25. The van der Waals surface area contributed by atoms with E-state index in [0.29, 0.717) is 0 Å². The summed E-state index contributed by atoms with van der Waals surface area (Å²) < 4.78 is 9.31. The van der Waals surface area contributed by atoms with E-state index in [-0.39, 0.29) is 0 Å². The molecule has 61 heavy (non-hydrogen) atoms. The van der Waals surface area contributed by atoms with Gasteiger partial charge in [0.1, 0.15) is 11.2 Å². The monoisotopic (exact) mass is 795 g/mol. The molecule has 2 aromatic heterocycles. The van der Waals surface area contributed by atoms with Crippen LogP contribution in [0.15, 0.2) is 229 Å². The van der Waals surface area contributed by atoms with Gasteiger partial charge < -0.3 is 9.32 Å². The molecule has 3 heteroatoms. The Morgan fingerprint density at radius 1 is 0.344 bits per heavy atom. The maximum Gasteiger partial charge on any atom is 0.145 e. The van der Waals surface area contributed by atoms with Crippen LogP contribution in [0.25, 0.3) is 97.4 Å². The lowest BCUT2D eigenvalue weighted by atomic mass is 9.98. The second-order valence-electron chi connectivity index (χ2n) is 15.7. The Morgan fingerprint density at radius 2 is 0.885 bits per heavy atom. The molecule has 0 spiro atoms. The van der Waals surface area contributed by atoms with E-state index in [1.807, 2.05) is 11.3 Å². The largest absolute Gasteiger partial charge is 0.455 e. The Balaban J connectivity index is 0.994. The number of thiophene rings is 1. The summed E-state index contributed by atoms with van der Waals surface area (Å²) in [5.74, 6) is 0. The number of hydrogen-bond acceptors (Lipinski definition) is 3. The number of para-hydroxylation sites is 1. The van der Waals surface area contributed by atoms with E-state index in [4.69, 9.17) is 4.42 Å². The van der Waals surface area contributed by atoms with Gasteiger partial charge in [0.15, 0.2) is 0 Å². The maximum absolute atomic E-state index is 6.77. The molecule has 0 saturated carbocycles. The van der Waals surface area contributed by atoms with Crippen molar-refractivity contribution in [1.82, 2.24) is 0 Å².